The van der Waals surface area contributed by atoms with E-state index in [-0.39, 0.29) is 24.4 Å². The van der Waals surface area contributed by atoms with E-state index in [9.17, 15) is 13.6 Å². The van der Waals surface area contributed by atoms with E-state index >= 15 is 0 Å². The summed E-state index contributed by atoms with van der Waals surface area (Å²) in [7, 11) is 0. The summed E-state index contributed by atoms with van der Waals surface area (Å²) in [4.78, 5) is 15.0. The van der Waals surface area contributed by atoms with Gasteiger partial charge in [0.25, 0.3) is 0 Å². The molecule has 1 aliphatic rings. The van der Waals surface area contributed by atoms with Gasteiger partial charge in [0.2, 0.25) is 5.91 Å². The van der Waals surface area contributed by atoms with Crippen LogP contribution in [-0.4, -0.2) is 29.2 Å². The number of rotatable bonds is 3. The van der Waals surface area contributed by atoms with E-state index in [2.05, 4.69) is 10.0 Å². The van der Waals surface area contributed by atoms with Gasteiger partial charge < -0.3 is 10.0 Å². The number of carbonyl (C=O) groups excluding carboxylic acids is 1. The van der Waals surface area contributed by atoms with Gasteiger partial charge in [0, 0.05) is 23.8 Å². The van der Waals surface area contributed by atoms with Crippen LogP contribution < -0.4 is 0 Å². The zero-order chi connectivity index (χ0) is 14.0. The van der Waals surface area contributed by atoms with Gasteiger partial charge >= 0.3 is 0 Å². The molecule has 0 spiro atoms. The summed E-state index contributed by atoms with van der Waals surface area (Å²) in [5.41, 5.74) is 7.68. The number of benzene rings is 1. The average molecular weight is 268 g/mol. The van der Waals surface area contributed by atoms with Gasteiger partial charge in [-0.3, -0.25) is 4.79 Å². The van der Waals surface area contributed by atoms with E-state index in [4.69, 9.17) is 10.6 Å². The smallest absolute Gasteiger partial charge is 0.225 e. The zero-order valence-corrected chi connectivity index (χ0v) is 9.75. The lowest BCUT2D eigenvalue weighted by Crippen LogP contribution is -2.25. The van der Waals surface area contributed by atoms with Gasteiger partial charge in [0.1, 0.15) is 24.1 Å². The maximum atomic E-state index is 14.0. The second-order valence-corrected chi connectivity index (χ2v) is 4.15. The highest BCUT2D eigenvalue weighted by atomic mass is 19.1. The molecule has 100 valence electrons. The van der Waals surface area contributed by atoms with E-state index in [1.54, 1.807) is 0 Å². The Morgan fingerprint density at radius 2 is 2.26 bits per heavy atom. The van der Waals surface area contributed by atoms with Crippen molar-refractivity contribution in [1.82, 2.24) is 4.90 Å². The molecule has 0 saturated carbocycles. The lowest BCUT2D eigenvalue weighted by atomic mass is 9.97. The number of carbonyl (C=O) groups is 1. The molecular weight excluding hydrogens is 258 g/mol. The first-order valence-electron chi connectivity index (χ1n) is 5.50. The lowest BCUT2D eigenvalue weighted by Gasteiger charge is -2.14. The third-order valence-electron chi connectivity index (χ3n) is 3.07. The molecule has 1 aromatic carbocycles. The molecule has 0 aliphatic carbocycles. The van der Waals surface area contributed by atoms with Crippen molar-refractivity contribution < 1.29 is 18.7 Å². The van der Waals surface area contributed by atoms with Crippen molar-refractivity contribution in [3.05, 3.63) is 39.8 Å². The Labute approximate surface area is 106 Å². The molecule has 6 nitrogen and oxygen atoms in total. The molecule has 1 heterocycles. The molecule has 0 bridgehead atoms. The minimum atomic E-state index is -0.963. The number of likely N-dealkylation sites (tertiary alicyclic amines) is 1. The van der Waals surface area contributed by atoms with E-state index in [1.165, 1.54) is 11.0 Å². The number of halogens is 2. The molecule has 1 aliphatic heterocycles. The second kappa shape index (κ2) is 5.21. The highest BCUT2D eigenvalue weighted by Crippen LogP contribution is 2.34. The van der Waals surface area contributed by atoms with Crippen molar-refractivity contribution in [2.24, 2.45) is 5.11 Å². The fourth-order valence-corrected chi connectivity index (χ4v) is 2.13. The second-order valence-electron chi connectivity index (χ2n) is 4.15. The van der Waals surface area contributed by atoms with E-state index < -0.39 is 30.0 Å². The third kappa shape index (κ3) is 2.35. The Kier molecular flexibility index (Phi) is 3.64. The summed E-state index contributed by atoms with van der Waals surface area (Å²) >= 11 is 0. The van der Waals surface area contributed by atoms with Gasteiger partial charge in [-0.25, -0.2) is 8.78 Å². The third-order valence-corrected chi connectivity index (χ3v) is 3.07. The molecule has 0 aromatic heterocycles. The number of aliphatic hydroxyl groups excluding tert-OH is 1. The first-order valence-corrected chi connectivity index (χ1v) is 5.50. The maximum absolute atomic E-state index is 14.0. The quantitative estimate of drug-likeness (QED) is 0.517. The van der Waals surface area contributed by atoms with Gasteiger partial charge in [-0.1, -0.05) is 11.2 Å². The SMILES string of the molecule is [N-]=[N+]=Nc1c(F)ccc(C2CC(=O)N(CO)C2)c1F. The van der Waals surface area contributed by atoms with Gasteiger partial charge in [-0.05, 0) is 17.2 Å². The Balaban J connectivity index is 2.39. The topological polar surface area (TPSA) is 89.3 Å². The first-order chi connectivity index (χ1) is 9.08. The van der Waals surface area contributed by atoms with Gasteiger partial charge in [0.15, 0.2) is 0 Å². The molecule has 1 unspecified atom stereocenters. The summed E-state index contributed by atoms with van der Waals surface area (Å²) in [5, 5.41) is 11.9. The van der Waals surface area contributed by atoms with Gasteiger partial charge in [0.05, 0.1) is 0 Å². The summed E-state index contributed by atoms with van der Waals surface area (Å²) in [6.45, 7) is -0.297. The molecule has 1 atom stereocenters. The van der Waals surface area contributed by atoms with Crippen LogP contribution in [0.3, 0.4) is 0 Å². The summed E-state index contributed by atoms with van der Waals surface area (Å²) in [6.07, 6.45) is 0.0266. The van der Waals surface area contributed by atoms with E-state index in [0.717, 1.165) is 6.07 Å². The normalized spacial score (nSPS) is 18.6. The summed E-state index contributed by atoms with van der Waals surface area (Å²) in [5.74, 6) is -2.72. The molecule has 1 N–H and O–H groups in total. The fourth-order valence-electron chi connectivity index (χ4n) is 2.13. The average Bonchev–Trinajstić information content (AvgIpc) is 2.75. The standard InChI is InChI=1S/C11H10F2N4O2/c12-8-2-1-7(10(13)11(8)15-16-14)6-3-9(19)17(4-6)5-18/h1-2,6,18H,3-5H2. The fraction of sp³-hybridized carbons (Fsp3) is 0.364. The van der Waals surface area contributed by atoms with Gasteiger partial charge in [-0.2, -0.15) is 0 Å². The Morgan fingerprint density at radius 1 is 1.53 bits per heavy atom. The van der Waals surface area contributed by atoms with Gasteiger partial charge in [-0.15, -0.1) is 0 Å². The van der Waals surface area contributed by atoms with Crippen molar-refractivity contribution in [3.63, 3.8) is 0 Å². The molecule has 2 rings (SSSR count). The first kappa shape index (κ1) is 13.3. The predicted molar refractivity (Wildman–Crippen MR) is 61.3 cm³/mol. The predicted octanol–water partition coefficient (Wildman–Crippen LogP) is 2.17. The van der Waals surface area contributed by atoms with Crippen LogP contribution in [0.2, 0.25) is 0 Å². The van der Waals surface area contributed by atoms with Crippen LogP contribution in [0.1, 0.15) is 17.9 Å². The number of azide groups is 1. The van der Waals surface area contributed by atoms with E-state index in [1.807, 2.05) is 0 Å². The van der Waals surface area contributed by atoms with Crippen LogP contribution in [0.25, 0.3) is 10.4 Å². The minimum absolute atomic E-state index is 0.0266. The van der Waals surface area contributed by atoms with Crippen LogP contribution in [0.5, 0.6) is 0 Å². The molecule has 19 heavy (non-hydrogen) atoms. The number of hydrogen-bond acceptors (Lipinski definition) is 3. The van der Waals surface area contributed by atoms with Crippen molar-refractivity contribution in [2.45, 2.75) is 12.3 Å². The minimum Gasteiger partial charge on any atom is -0.376 e. The van der Waals surface area contributed by atoms with Crippen molar-refractivity contribution in [2.75, 3.05) is 13.3 Å². The largest absolute Gasteiger partial charge is 0.376 e. The van der Waals surface area contributed by atoms with E-state index in [0.29, 0.717) is 0 Å². The highest BCUT2D eigenvalue weighted by molar-refractivity contribution is 5.79. The highest BCUT2D eigenvalue weighted by Gasteiger charge is 2.32. The van der Waals surface area contributed by atoms with Crippen LogP contribution in [0.4, 0.5) is 14.5 Å². The summed E-state index contributed by atoms with van der Waals surface area (Å²) in [6, 6.07) is 2.22. The Hall–Kier alpha value is -2.18. The Morgan fingerprint density at radius 3 is 2.84 bits per heavy atom. The van der Waals surface area contributed by atoms with Crippen molar-refractivity contribution in [3.8, 4) is 0 Å². The molecular formula is C11H10F2N4O2. The molecule has 1 fully saturated rings. The number of hydrogen-bond donors (Lipinski definition) is 1. The molecule has 1 aromatic rings. The van der Waals surface area contributed by atoms with Crippen LogP contribution in [0, 0.1) is 11.6 Å². The number of aliphatic hydroxyl groups is 1. The van der Waals surface area contributed by atoms with Crippen molar-refractivity contribution in [1.29, 1.82) is 0 Å². The maximum Gasteiger partial charge on any atom is 0.225 e. The Bertz CT molecular complexity index is 572. The molecule has 8 heteroatoms. The molecule has 1 amide bonds. The lowest BCUT2D eigenvalue weighted by molar-refractivity contribution is -0.130. The van der Waals surface area contributed by atoms with Crippen LogP contribution in [0.15, 0.2) is 17.2 Å². The zero-order valence-electron chi connectivity index (χ0n) is 9.75. The monoisotopic (exact) mass is 268 g/mol. The van der Waals surface area contributed by atoms with Crippen LogP contribution in [-0.2, 0) is 4.79 Å². The number of nitrogens with zero attached hydrogens (tertiary/aromatic N) is 4. The van der Waals surface area contributed by atoms with Crippen LogP contribution >= 0.6 is 0 Å². The molecule has 0 radical (unpaired) electrons. The number of amides is 1. The molecule has 1 saturated heterocycles. The van der Waals surface area contributed by atoms with Crippen molar-refractivity contribution >= 4 is 11.6 Å². The summed E-state index contributed by atoms with van der Waals surface area (Å²) < 4.78 is 27.3.